The fourth-order valence-corrected chi connectivity index (χ4v) is 18.5. The van der Waals surface area contributed by atoms with Crippen LogP contribution >= 0.6 is 0 Å². The zero-order chi connectivity index (χ0) is 76.0. The number of hydrogen-bond acceptors (Lipinski definition) is 0. The molecule has 0 bridgehead atoms. The zero-order valence-corrected chi connectivity index (χ0v) is 65.0. The summed E-state index contributed by atoms with van der Waals surface area (Å²) in [4.78, 5) is 0. The molecular formula is C110H86N2. The lowest BCUT2D eigenvalue weighted by atomic mass is 9.76. The van der Waals surface area contributed by atoms with Gasteiger partial charge >= 0.3 is 0 Å². The third-order valence-corrected chi connectivity index (χ3v) is 24.9. The molecule has 0 aliphatic heterocycles. The van der Waals surface area contributed by atoms with Gasteiger partial charge in [-0.15, -0.1) is 0 Å². The lowest BCUT2D eigenvalue weighted by Gasteiger charge is -2.27. The minimum absolute atomic E-state index is 0.961. The maximum atomic E-state index is 2.41. The second-order valence-corrected chi connectivity index (χ2v) is 30.6. The van der Waals surface area contributed by atoms with Crippen molar-refractivity contribution in [3.05, 3.63) is 390 Å². The van der Waals surface area contributed by atoms with Gasteiger partial charge in [-0.05, 0) is 299 Å². The highest BCUT2D eigenvalue weighted by Gasteiger charge is 2.27. The van der Waals surface area contributed by atoms with E-state index in [0.29, 0.717) is 0 Å². The molecule has 20 rings (SSSR count). The molecule has 0 aliphatic carbocycles. The minimum Gasteiger partial charge on any atom is -0.341 e. The van der Waals surface area contributed by atoms with Crippen molar-refractivity contribution in [3.63, 3.8) is 0 Å². The Morgan fingerprint density at radius 3 is 0.786 bits per heavy atom. The Bertz CT molecular complexity index is 6940. The van der Waals surface area contributed by atoms with Crippen LogP contribution < -0.4 is 0 Å². The van der Waals surface area contributed by atoms with Crippen molar-refractivity contribution in [1.29, 1.82) is 0 Å². The van der Waals surface area contributed by atoms with E-state index >= 15 is 0 Å². The Kier molecular flexibility index (Phi) is 17.4. The molecule has 0 N–H and O–H groups in total. The lowest BCUT2D eigenvalue weighted by molar-refractivity contribution is 0.827. The molecule has 20 aromatic rings. The van der Waals surface area contributed by atoms with Gasteiger partial charge in [0.2, 0.25) is 0 Å². The van der Waals surface area contributed by atoms with Crippen molar-refractivity contribution >= 4 is 86.7 Å². The summed E-state index contributed by atoms with van der Waals surface area (Å²) in [5, 5.41) is 15.8. The third-order valence-electron chi connectivity index (χ3n) is 24.9. The van der Waals surface area contributed by atoms with Gasteiger partial charge in [0.15, 0.2) is 0 Å². The molecule has 0 spiro atoms. The van der Waals surface area contributed by atoms with Gasteiger partial charge in [0.1, 0.15) is 0 Å². The van der Waals surface area contributed by atoms with Gasteiger partial charge in [0.05, 0.1) is 11.0 Å². The number of benzene rings is 18. The summed E-state index contributed by atoms with van der Waals surface area (Å²) in [6.45, 7) is 21.8. The first kappa shape index (κ1) is 69.1. The number of nitrogens with zero attached hydrogens (tertiary/aromatic N) is 2. The first-order valence-electron chi connectivity index (χ1n) is 39.5. The molecule has 2 heterocycles. The van der Waals surface area contributed by atoms with E-state index in [2.05, 4.69) is 417 Å². The first-order chi connectivity index (χ1) is 54.9. The number of para-hydroxylation sites is 3. The lowest BCUT2D eigenvalue weighted by Crippen LogP contribution is -2.03. The monoisotopic (exact) mass is 1430 g/mol. The molecule has 536 valence electrons. The largest absolute Gasteiger partial charge is 0.341 e. The van der Waals surface area contributed by atoms with Crippen LogP contribution in [-0.2, 0) is 6.54 Å². The van der Waals surface area contributed by atoms with Crippen LogP contribution in [0.1, 0.15) is 51.4 Å². The smallest absolute Gasteiger partial charge is 0.0541 e. The van der Waals surface area contributed by atoms with Gasteiger partial charge in [-0.1, -0.05) is 297 Å². The van der Waals surface area contributed by atoms with Gasteiger partial charge < -0.3 is 9.13 Å². The number of aryl methyl sites for hydroxylation is 5. The van der Waals surface area contributed by atoms with E-state index in [0.717, 1.165) is 6.54 Å². The highest BCUT2D eigenvalue weighted by molar-refractivity contribution is 6.26. The molecule has 112 heavy (non-hydrogen) atoms. The van der Waals surface area contributed by atoms with Crippen molar-refractivity contribution in [2.45, 2.75) is 68.9 Å². The number of aromatic nitrogens is 2. The van der Waals surface area contributed by atoms with Gasteiger partial charge in [-0.2, -0.15) is 0 Å². The highest BCUT2D eigenvalue weighted by atomic mass is 15.0. The molecule has 0 aliphatic rings. The second-order valence-electron chi connectivity index (χ2n) is 30.6. The van der Waals surface area contributed by atoms with Crippen molar-refractivity contribution in [3.8, 4) is 106 Å². The van der Waals surface area contributed by atoms with Crippen molar-refractivity contribution in [2.75, 3.05) is 0 Å². The van der Waals surface area contributed by atoms with Gasteiger partial charge in [0.25, 0.3) is 0 Å². The maximum Gasteiger partial charge on any atom is 0.0541 e. The predicted molar refractivity (Wildman–Crippen MR) is 483 cm³/mol. The van der Waals surface area contributed by atoms with Crippen molar-refractivity contribution in [1.82, 2.24) is 9.13 Å². The van der Waals surface area contributed by atoms with Crippen LogP contribution in [-0.4, -0.2) is 9.13 Å². The van der Waals surface area contributed by atoms with Crippen LogP contribution in [0.25, 0.3) is 193 Å². The average Bonchev–Trinajstić information content (AvgIpc) is 0.991. The topological polar surface area (TPSA) is 9.86 Å². The van der Waals surface area contributed by atoms with E-state index < -0.39 is 0 Å². The molecule has 18 aromatic carbocycles. The third kappa shape index (κ3) is 11.5. The highest BCUT2D eigenvalue weighted by Crippen LogP contribution is 2.52. The summed E-state index contributed by atoms with van der Waals surface area (Å²) in [6.07, 6.45) is 0. The van der Waals surface area contributed by atoms with E-state index in [4.69, 9.17) is 0 Å². The van der Waals surface area contributed by atoms with E-state index in [1.807, 2.05) is 0 Å². The van der Waals surface area contributed by atoms with E-state index in [-0.39, 0.29) is 0 Å². The van der Waals surface area contributed by atoms with E-state index in [1.54, 1.807) is 0 Å². The Balaban J connectivity index is 0.000000174. The Labute approximate surface area is 656 Å². The maximum absolute atomic E-state index is 2.41. The minimum atomic E-state index is 0.961. The Hall–Kier alpha value is -13.4. The van der Waals surface area contributed by atoms with Crippen LogP contribution in [0.4, 0.5) is 0 Å². The summed E-state index contributed by atoms with van der Waals surface area (Å²) < 4.78 is 4.79. The van der Waals surface area contributed by atoms with Crippen molar-refractivity contribution in [2.24, 2.45) is 0 Å². The molecule has 0 fully saturated rings. The van der Waals surface area contributed by atoms with Crippen LogP contribution in [0.2, 0.25) is 0 Å². The van der Waals surface area contributed by atoms with Crippen LogP contribution in [0.3, 0.4) is 0 Å². The first-order valence-corrected chi connectivity index (χ1v) is 39.5. The Morgan fingerprint density at radius 1 is 0.179 bits per heavy atom. The van der Waals surface area contributed by atoms with Crippen LogP contribution in [0.15, 0.2) is 346 Å². The summed E-state index contributed by atoms with van der Waals surface area (Å²) in [5.41, 5.74) is 39.6. The SMILES string of the molecule is CCn1c2ccccc2c2cc(-c3ccc(-c4c5ccccc5c(-c5ccccc5)c5ccccc45)cc3)ccc21.Cc1c(C)c(C)c2c(-c3ccc(-c4ccc(-c5ccc6c(c5)c5ccccc5n6-c5ccccc5)cc4)cc3)c3c(C)c(C)c(C)c(C)c3c(-c3ccc(-c4ccc(-c5ccccc5)cc4)cc3)c2c1C. The van der Waals surface area contributed by atoms with E-state index in [9.17, 15) is 0 Å². The molecular weight excluding hydrogens is 1350 g/mol. The summed E-state index contributed by atoms with van der Waals surface area (Å²) >= 11 is 0. The molecule has 0 atom stereocenters. The van der Waals surface area contributed by atoms with Gasteiger partial charge in [-0.25, -0.2) is 0 Å². The van der Waals surface area contributed by atoms with Crippen LogP contribution in [0, 0.1) is 55.4 Å². The number of rotatable bonds is 11. The summed E-state index contributed by atoms with van der Waals surface area (Å²) in [5.74, 6) is 0. The zero-order valence-electron chi connectivity index (χ0n) is 65.0. The summed E-state index contributed by atoms with van der Waals surface area (Å²) in [7, 11) is 0. The normalized spacial score (nSPS) is 11.7. The fraction of sp³-hybridized carbons (Fsp3) is 0.0909. The van der Waals surface area contributed by atoms with Gasteiger partial charge in [0, 0.05) is 44.8 Å². The van der Waals surface area contributed by atoms with Crippen molar-refractivity contribution < 1.29 is 0 Å². The fourth-order valence-electron chi connectivity index (χ4n) is 18.5. The summed E-state index contributed by atoms with van der Waals surface area (Å²) in [6, 6.07) is 127. The predicted octanol–water partition coefficient (Wildman–Crippen LogP) is 30.7. The number of hydrogen-bond donors (Lipinski definition) is 0. The van der Waals surface area contributed by atoms with Crippen LogP contribution in [0.5, 0.6) is 0 Å². The number of fused-ring (bicyclic) bond motifs is 10. The molecule has 0 saturated carbocycles. The van der Waals surface area contributed by atoms with Gasteiger partial charge in [-0.3, -0.25) is 0 Å². The van der Waals surface area contributed by atoms with E-state index in [1.165, 1.54) is 237 Å². The average molecular weight is 1440 g/mol. The molecule has 0 amide bonds. The second kappa shape index (κ2) is 28.2. The molecule has 0 saturated heterocycles. The quantitative estimate of drug-likeness (QED) is 0.114. The standard InChI is InChI=1S/C70H57N.C40H29N/c1-42-44(3)48(7)67-65(46(42)5)69(57-35-31-54(32-36-57)52-25-23-51(24-26-52)50-17-11-9-12-18-50)66-47(6)43(2)45(4)49(8)68(66)70(67)58-37-33-55(34-38-58)53-27-29-56(30-28-53)59-39-40-64-62(41-59)61-21-15-16-22-63(61)71(64)60-19-13-10-14-20-60;1-2-41-37-19-11-10-14-31(37)36-26-30(24-25-38(36)41)27-20-22-29(23-21-27)40-34-17-8-6-15-32(34)39(28-12-4-3-5-13-28)33-16-7-9-18-35(33)40/h9-41H,1-8H3;3-26H,2H2,1H3. The molecule has 2 aromatic heterocycles. The molecule has 0 unspecified atom stereocenters. The molecule has 0 radical (unpaired) electrons. The Morgan fingerprint density at radius 2 is 0.411 bits per heavy atom. The molecule has 2 nitrogen and oxygen atoms in total. The molecule has 2 heteroatoms.